The first-order valence-corrected chi connectivity index (χ1v) is 5.81. The Morgan fingerprint density at radius 2 is 2.40 bits per heavy atom. The van der Waals surface area contributed by atoms with E-state index in [1.807, 2.05) is 0 Å². The van der Waals surface area contributed by atoms with Gasteiger partial charge in [0, 0.05) is 12.6 Å². The van der Waals surface area contributed by atoms with Crippen LogP contribution in [0.3, 0.4) is 0 Å². The van der Waals surface area contributed by atoms with Gasteiger partial charge in [-0.25, -0.2) is 0 Å². The predicted molar refractivity (Wildman–Crippen MR) is 59.5 cm³/mol. The lowest BCUT2D eigenvalue weighted by molar-refractivity contribution is -0.144. The molecule has 0 amide bonds. The van der Waals surface area contributed by atoms with Crippen molar-refractivity contribution in [1.29, 1.82) is 0 Å². The topological polar surface area (TPSA) is 55.6 Å². The molecule has 2 N–H and O–H groups in total. The van der Waals surface area contributed by atoms with Crippen LogP contribution in [0, 0.1) is 0 Å². The van der Waals surface area contributed by atoms with Crippen molar-refractivity contribution < 1.29 is 9.53 Å². The summed E-state index contributed by atoms with van der Waals surface area (Å²) in [5, 5.41) is 0. The molecule has 0 aromatic heterocycles. The summed E-state index contributed by atoms with van der Waals surface area (Å²) in [5.74, 6) is -0.274. The average Bonchev–Trinajstić information content (AvgIpc) is 2.61. The molecule has 15 heavy (non-hydrogen) atoms. The molecule has 0 aromatic carbocycles. The highest BCUT2D eigenvalue weighted by Gasteiger charge is 2.22. The normalized spacial score (nSPS) is 24.1. The van der Waals surface area contributed by atoms with Gasteiger partial charge in [-0.05, 0) is 39.7 Å². The van der Waals surface area contributed by atoms with Crippen molar-refractivity contribution in [3.05, 3.63) is 0 Å². The molecule has 0 radical (unpaired) electrons. The van der Waals surface area contributed by atoms with Crippen LogP contribution in [0.2, 0.25) is 0 Å². The number of ether oxygens (including phenoxy) is 1. The molecule has 0 saturated carbocycles. The molecular weight excluding hydrogens is 192 g/mol. The fraction of sp³-hybridized carbons (Fsp3) is 0.909. The first kappa shape index (κ1) is 12.5. The van der Waals surface area contributed by atoms with E-state index in [1.54, 1.807) is 6.92 Å². The SMILES string of the molecule is CCOC(=O)C(N)CCN1CCCC1C. The molecule has 1 heterocycles. The lowest BCUT2D eigenvalue weighted by atomic mass is 10.2. The second kappa shape index (κ2) is 6.08. The number of hydrogen-bond acceptors (Lipinski definition) is 4. The van der Waals surface area contributed by atoms with Crippen LogP contribution >= 0.6 is 0 Å². The number of nitrogens with zero attached hydrogens (tertiary/aromatic N) is 1. The van der Waals surface area contributed by atoms with Gasteiger partial charge in [-0.3, -0.25) is 4.79 Å². The van der Waals surface area contributed by atoms with Gasteiger partial charge in [0.25, 0.3) is 0 Å². The van der Waals surface area contributed by atoms with Crippen molar-refractivity contribution in [2.75, 3.05) is 19.7 Å². The lowest BCUT2D eigenvalue weighted by Crippen LogP contribution is -2.37. The van der Waals surface area contributed by atoms with Gasteiger partial charge in [0.15, 0.2) is 0 Å². The third-order valence-electron chi connectivity index (χ3n) is 3.01. The summed E-state index contributed by atoms with van der Waals surface area (Å²) in [6, 6.07) is 0.178. The summed E-state index contributed by atoms with van der Waals surface area (Å²) in [4.78, 5) is 13.7. The van der Waals surface area contributed by atoms with E-state index < -0.39 is 6.04 Å². The molecule has 0 aliphatic carbocycles. The fourth-order valence-corrected chi connectivity index (χ4v) is 2.00. The molecule has 4 nitrogen and oxygen atoms in total. The number of esters is 1. The number of rotatable bonds is 5. The number of carbonyl (C=O) groups excluding carboxylic acids is 1. The minimum Gasteiger partial charge on any atom is -0.465 e. The van der Waals surface area contributed by atoms with Gasteiger partial charge in [-0.1, -0.05) is 0 Å². The van der Waals surface area contributed by atoms with Crippen molar-refractivity contribution in [2.45, 2.75) is 45.2 Å². The predicted octanol–water partition coefficient (Wildman–Crippen LogP) is 0.751. The summed E-state index contributed by atoms with van der Waals surface area (Å²) in [7, 11) is 0. The zero-order valence-electron chi connectivity index (χ0n) is 9.74. The monoisotopic (exact) mass is 214 g/mol. The Balaban J connectivity index is 2.21. The summed E-state index contributed by atoms with van der Waals surface area (Å²) in [5.41, 5.74) is 5.73. The van der Waals surface area contributed by atoms with Gasteiger partial charge in [0.1, 0.15) is 6.04 Å². The van der Waals surface area contributed by atoms with Crippen molar-refractivity contribution in [2.24, 2.45) is 5.73 Å². The van der Waals surface area contributed by atoms with Gasteiger partial charge in [0.05, 0.1) is 6.61 Å². The Kier molecular flexibility index (Phi) is 5.05. The minimum absolute atomic E-state index is 0.274. The molecule has 1 fully saturated rings. The molecule has 2 unspecified atom stereocenters. The first-order chi connectivity index (χ1) is 7.15. The molecule has 0 aromatic rings. The summed E-state index contributed by atoms with van der Waals surface area (Å²) >= 11 is 0. The molecule has 88 valence electrons. The molecule has 1 rings (SSSR count). The largest absolute Gasteiger partial charge is 0.465 e. The third kappa shape index (κ3) is 3.80. The zero-order valence-corrected chi connectivity index (χ0v) is 9.74. The van der Waals surface area contributed by atoms with Crippen molar-refractivity contribution >= 4 is 5.97 Å². The van der Waals surface area contributed by atoms with Gasteiger partial charge < -0.3 is 15.4 Å². The van der Waals surface area contributed by atoms with Crippen LogP contribution in [-0.4, -0.2) is 42.6 Å². The van der Waals surface area contributed by atoms with Gasteiger partial charge in [0.2, 0.25) is 0 Å². The Labute approximate surface area is 91.8 Å². The van der Waals surface area contributed by atoms with Crippen molar-refractivity contribution in [3.8, 4) is 0 Å². The molecule has 4 heteroatoms. The van der Waals surface area contributed by atoms with E-state index in [0.717, 1.165) is 13.1 Å². The van der Waals surface area contributed by atoms with E-state index in [0.29, 0.717) is 19.1 Å². The smallest absolute Gasteiger partial charge is 0.322 e. The standard InChI is InChI=1S/C11H22N2O2/c1-3-15-11(14)10(12)6-8-13-7-4-5-9(13)2/h9-10H,3-8,12H2,1-2H3. The quantitative estimate of drug-likeness (QED) is 0.686. The van der Waals surface area contributed by atoms with Crippen LogP contribution < -0.4 is 5.73 Å². The first-order valence-electron chi connectivity index (χ1n) is 5.81. The Morgan fingerprint density at radius 3 is 2.93 bits per heavy atom. The average molecular weight is 214 g/mol. The maximum Gasteiger partial charge on any atom is 0.322 e. The highest BCUT2D eigenvalue weighted by atomic mass is 16.5. The zero-order chi connectivity index (χ0) is 11.3. The van der Waals surface area contributed by atoms with Crippen molar-refractivity contribution in [3.63, 3.8) is 0 Å². The van der Waals surface area contributed by atoms with Crippen LogP contribution in [0.5, 0.6) is 0 Å². The minimum atomic E-state index is -0.460. The van der Waals surface area contributed by atoms with E-state index in [1.165, 1.54) is 12.8 Å². The number of carbonyl (C=O) groups is 1. The molecule has 0 bridgehead atoms. The summed E-state index contributed by atoms with van der Waals surface area (Å²) in [6.45, 7) is 6.47. The Bertz CT molecular complexity index is 209. The van der Waals surface area contributed by atoms with E-state index in [-0.39, 0.29) is 5.97 Å². The van der Waals surface area contributed by atoms with E-state index in [4.69, 9.17) is 10.5 Å². The third-order valence-corrected chi connectivity index (χ3v) is 3.01. The Morgan fingerprint density at radius 1 is 1.67 bits per heavy atom. The van der Waals surface area contributed by atoms with Gasteiger partial charge >= 0.3 is 5.97 Å². The Hall–Kier alpha value is -0.610. The molecule has 1 aliphatic heterocycles. The van der Waals surface area contributed by atoms with Crippen LogP contribution in [0.4, 0.5) is 0 Å². The maximum atomic E-state index is 11.3. The molecular formula is C11H22N2O2. The van der Waals surface area contributed by atoms with Crippen LogP contribution in [0.1, 0.15) is 33.1 Å². The maximum absolute atomic E-state index is 11.3. The summed E-state index contributed by atoms with van der Waals surface area (Å²) in [6.07, 6.45) is 3.22. The number of nitrogens with two attached hydrogens (primary N) is 1. The second-order valence-corrected chi connectivity index (χ2v) is 4.17. The van der Waals surface area contributed by atoms with Gasteiger partial charge in [-0.15, -0.1) is 0 Å². The van der Waals surface area contributed by atoms with Crippen LogP contribution in [-0.2, 0) is 9.53 Å². The highest BCUT2D eigenvalue weighted by Crippen LogP contribution is 2.16. The van der Waals surface area contributed by atoms with Gasteiger partial charge in [-0.2, -0.15) is 0 Å². The lowest BCUT2D eigenvalue weighted by Gasteiger charge is -2.22. The number of likely N-dealkylation sites (tertiary alicyclic amines) is 1. The number of hydrogen-bond donors (Lipinski definition) is 1. The summed E-state index contributed by atoms with van der Waals surface area (Å²) < 4.78 is 4.86. The molecule has 1 aliphatic rings. The highest BCUT2D eigenvalue weighted by molar-refractivity contribution is 5.75. The van der Waals surface area contributed by atoms with E-state index in [2.05, 4.69) is 11.8 Å². The van der Waals surface area contributed by atoms with Crippen molar-refractivity contribution in [1.82, 2.24) is 4.90 Å². The fourth-order valence-electron chi connectivity index (χ4n) is 2.00. The van der Waals surface area contributed by atoms with Crippen LogP contribution in [0.15, 0.2) is 0 Å². The molecule has 0 spiro atoms. The van der Waals surface area contributed by atoms with E-state index >= 15 is 0 Å². The molecule has 2 atom stereocenters. The van der Waals surface area contributed by atoms with E-state index in [9.17, 15) is 4.79 Å². The molecule has 1 saturated heterocycles. The van der Waals surface area contributed by atoms with Crippen LogP contribution in [0.25, 0.3) is 0 Å². The second-order valence-electron chi connectivity index (χ2n) is 4.17.